The molecule has 1 amide bonds. The molecule has 4 rings (SSSR count). The summed E-state index contributed by atoms with van der Waals surface area (Å²) in [5, 5.41) is 16.1. The molecule has 1 aromatic carbocycles. The number of carbonyl (C=O) groups is 1. The molecule has 33 heavy (non-hydrogen) atoms. The van der Waals surface area contributed by atoms with Gasteiger partial charge in [-0.3, -0.25) is 4.79 Å². The Balaban J connectivity index is 1.14. The smallest absolute Gasteiger partial charge is 0.266 e. The van der Waals surface area contributed by atoms with Crippen LogP contribution in [-0.2, 0) is 6.42 Å². The van der Waals surface area contributed by atoms with Gasteiger partial charge in [0.05, 0.1) is 13.2 Å². The lowest BCUT2D eigenvalue weighted by Gasteiger charge is -2.30. The molecule has 8 heteroatoms. The number of aliphatic hydroxyl groups excluding tert-OH is 1. The average Bonchev–Trinajstić information content (AvgIpc) is 3.51. The van der Waals surface area contributed by atoms with Crippen LogP contribution in [0.1, 0.15) is 67.3 Å². The fourth-order valence-corrected chi connectivity index (χ4v) is 4.34. The number of hydrogen-bond acceptors (Lipinski definition) is 7. The molecule has 8 nitrogen and oxygen atoms in total. The first-order valence-corrected chi connectivity index (χ1v) is 12.2. The zero-order valence-corrected chi connectivity index (χ0v) is 19.8. The highest BCUT2D eigenvalue weighted by molar-refractivity contribution is 5.95. The summed E-state index contributed by atoms with van der Waals surface area (Å²) in [6.45, 7) is 6.21. The van der Waals surface area contributed by atoms with E-state index >= 15 is 0 Å². The fraction of sp³-hybridized carbons (Fsp3) is 0.640. The largest absolute Gasteiger partial charge is 0.494 e. The normalized spacial score (nSPS) is 17.7. The van der Waals surface area contributed by atoms with E-state index in [-0.39, 0.29) is 18.6 Å². The quantitative estimate of drug-likeness (QED) is 0.499. The van der Waals surface area contributed by atoms with Crippen molar-refractivity contribution in [2.24, 2.45) is 11.8 Å². The summed E-state index contributed by atoms with van der Waals surface area (Å²) in [6, 6.07) is 5.26. The highest BCUT2D eigenvalue weighted by Gasteiger charge is 2.26. The van der Waals surface area contributed by atoms with Gasteiger partial charge < -0.3 is 24.6 Å². The third-order valence-electron chi connectivity index (χ3n) is 6.63. The number of nitrogens with one attached hydrogen (secondary N) is 1. The predicted octanol–water partition coefficient (Wildman–Crippen LogP) is 3.52. The highest BCUT2D eigenvalue weighted by atomic mass is 16.5. The van der Waals surface area contributed by atoms with Crippen molar-refractivity contribution in [2.45, 2.75) is 64.8 Å². The first kappa shape index (κ1) is 23.5. The Labute approximate surface area is 195 Å². The molecule has 1 unspecified atom stereocenters. The van der Waals surface area contributed by atoms with E-state index in [1.54, 1.807) is 13.0 Å². The first-order valence-electron chi connectivity index (χ1n) is 12.2. The minimum Gasteiger partial charge on any atom is -0.494 e. The summed E-state index contributed by atoms with van der Waals surface area (Å²) >= 11 is 0. The van der Waals surface area contributed by atoms with Gasteiger partial charge >= 0.3 is 0 Å². The predicted molar refractivity (Wildman–Crippen MR) is 126 cm³/mol. The van der Waals surface area contributed by atoms with Gasteiger partial charge in [0, 0.05) is 31.1 Å². The number of ether oxygens (including phenoxy) is 1. The average molecular weight is 457 g/mol. The second-order valence-electron chi connectivity index (χ2n) is 9.59. The van der Waals surface area contributed by atoms with Crippen LogP contribution in [0, 0.1) is 18.8 Å². The van der Waals surface area contributed by atoms with E-state index in [2.05, 4.69) is 20.4 Å². The van der Waals surface area contributed by atoms with Crippen molar-refractivity contribution in [3.05, 3.63) is 35.2 Å². The van der Waals surface area contributed by atoms with Crippen LogP contribution in [0.2, 0.25) is 0 Å². The zero-order valence-electron chi connectivity index (χ0n) is 19.8. The molecule has 1 saturated heterocycles. The van der Waals surface area contributed by atoms with Crippen LogP contribution in [0.15, 0.2) is 22.7 Å². The van der Waals surface area contributed by atoms with Crippen LogP contribution in [0.5, 0.6) is 5.75 Å². The topological polar surface area (TPSA) is 101 Å². The van der Waals surface area contributed by atoms with Crippen molar-refractivity contribution >= 4 is 11.9 Å². The van der Waals surface area contributed by atoms with Crippen molar-refractivity contribution < 1.29 is 19.2 Å². The number of aromatic nitrogens is 2. The molecule has 1 aliphatic heterocycles. The number of rotatable bonds is 11. The number of hydrogen-bond donors (Lipinski definition) is 2. The van der Waals surface area contributed by atoms with Crippen molar-refractivity contribution in [2.75, 3.05) is 31.2 Å². The Bertz CT molecular complexity index is 919. The van der Waals surface area contributed by atoms with Gasteiger partial charge in [-0.05, 0) is 93.1 Å². The van der Waals surface area contributed by atoms with Crippen LogP contribution < -0.4 is 15.0 Å². The molecule has 1 atom stereocenters. The lowest BCUT2D eigenvalue weighted by Crippen LogP contribution is -2.35. The molecular weight excluding hydrogens is 420 g/mol. The van der Waals surface area contributed by atoms with Gasteiger partial charge in [0.1, 0.15) is 5.75 Å². The second kappa shape index (κ2) is 11.0. The van der Waals surface area contributed by atoms with Gasteiger partial charge in [-0.15, -0.1) is 0 Å². The minimum absolute atomic E-state index is 0.0799. The summed E-state index contributed by atoms with van der Waals surface area (Å²) in [5.74, 6) is 3.61. The molecule has 0 bridgehead atoms. The number of nitrogens with zero attached hydrogens (tertiary/aromatic N) is 3. The monoisotopic (exact) mass is 456 g/mol. The Kier molecular flexibility index (Phi) is 7.85. The van der Waals surface area contributed by atoms with Crippen LogP contribution in [-0.4, -0.2) is 53.5 Å². The van der Waals surface area contributed by atoms with Gasteiger partial charge in [0.15, 0.2) is 0 Å². The molecule has 2 N–H and O–H groups in total. The maximum Gasteiger partial charge on any atom is 0.266 e. The van der Waals surface area contributed by atoms with Crippen molar-refractivity contribution in [3.63, 3.8) is 0 Å². The number of benzene rings is 1. The number of anilines is 1. The maximum atomic E-state index is 12.3. The molecule has 1 aromatic heterocycles. The van der Waals surface area contributed by atoms with Gasteiger partial charge in [-0.2, -0.15) is 4.98 Å². The number of piperidine rings is 1. The summed E-state index contributed by atoms with van der Waals surface area (Å²) in [6.07, 6.45) is 7.95. The van der Waals surface area contributed by atoms with E-state index in [9.17, 15) is 4.79 Å². The lowest BCUT2D eigenvalue weighted by atomic mass is 9.92. The number of amides is 1. The molecule has 1 saturated carbocycles. The molecule has 1 aliphatic carbocycles. The van der Waals surface area contributed by atoms with Crippen LogP contribution in [0.3, 0.4) is 0 Å². The summed E-state index contributed by atoms with van der Waals surface area (Å²) in [5.41, 5.74) is 1.47. The van der Waals surface area contributed by atoms with Crippen molar-refractivity contribution in [1.82, 2.24) is 15.5 Å². The van der Waals surface area contributed by atoms with E-state index < -0.39 is 0 Å². The summed E-state index contributed by atoms with van der Waals surface area (Å²) in [4.78, 5) is 19.1. The van der Waals surface area contributed by atoms with Crippen LogP contribution in [0.25, 0.3) is 0 Å². The van der Waals surface area contributed by atoms with Crippen molar-refractivity contribution in [3.8, 4) is 5.75 Å². The van der Waals surface area contributed by atoms with Gasteiger partial charge in [-0.1, -0.05) is 0 Å². The highest BCUT2D eigenvalue weighted by Crippen LogP contribution is 2.32. The third kappa shape index (κ3) is 6.69. The maximum absolute atomic E-state index is 12.3. The van der Waals surface area contributed by atoms with Crippen LogP contribution >= 0.6 is 0 Å². The molecule has 2 aromatic rings. The van der Waals surface area contributed by atoms with E-state index in [0.717, 1.165) is 74.3 Å². The van der Waals surface area contributed by atoms with E-state index in [1.807, 2.05) is 19.1 Å². The van der Waals surface area contributed by atoms with Gasteiger partial charge in [-0.25, -0.2) is 0 Å². The Morgan fingerprint density at radius 3 is 2.76 bits per heavy atom. The molecule has 180 valence electrons. The molecular formula is C25H36N4O4. The van der Waals surface area contributed by atoms with E-state index in [1.165, 1.54) is 12.8 Å². The second-order valence-corrected chi connectivity index (χ2v) is 9.59. The third-order valence-corrected chi connectivity index (χ3v) is 6.63. The van der Waals surface area contributed by atoms with E-state index in [0.29, 0.717) is 18.1 Å². The zero-order chi connectivity index (χ0) is 23.2. The standard InChI is InChI=1S/C25H36N4O4/c1-17-14-21(7-8-22(17)24(31)26-18(2)16-30)32-13-3-4-19-9-11-29(12-10-19)25-27-23(33-28-25)15-20-5-6-20/h7-8,14,18-20,30H,3-6,9-13,15-16H2,1-2H3,(H,26,31). The van der Waals surface area contributed by atoms with Crippen LogP contribution in [0.4, 0.5) is 5.95 Å². The molecule has 0 radical (unpaired) electrons. The summed E-state index contributed by atoms with van der Waals surface area (Å²) in [7, 11) is 0. The first-order chi connectivity index (χ1) is 16.0. The minimum atomic E-state index is -0.267. The Morgan fingerprint density at radius 2 is 2.06 bits per heavy atom. The fourth-order valence-electron chi connectivity index (χ4n) is 4.34. The summed E-state index contributed by atoms with van der Waals surface area (Å²) < 4.78 is 11.3. The molecule has 2 heterocycles. The van der Waals surface area contributed by atoms with E-state index in [4.69, 9.17) is 14.4 Å². The van der Waals surface area contributed by atoms with Gasteiger partial charge in [0.2, 0.25) is 5.89 Å². The molecule has 2 aliphatic rings. The molecule has 0 spiro atoms. The molecule has 2 fully saturated rings. The SMILES string of the molecule is Cc1cc(OCCCC2CCN(c3noc(CC4CC4)n3)CC2)ccc1C(=O)NC(C)CO. The van der Waals surface area contributed by atoms with Crippen molar-refractivity contribution in [1.29, 1.82) is 0 Å². The number of carbonyl (C=O) groups excluding carboxylic acids is 1. The Morgan fingerprint density at radius 1 is 1.27 bits per heavy atom. The number of aliphatic hydroxyl groups is 1. The lowest BCUT2D eigenvalue weighted by molar-refractivity contribution is 0.0921. The van der Waals surface area contributed by atoms with Gasteiger partial charge in [0.25, 0.3) is 11.9 Å². The number of aryl methyl sites for hydroxylation is 1. The Hall–Kier alpha value is -2.61.